The Labute approximate surface area is 194 Å². The Kier molecular flexibility index (Phi) is 5.21. The van der Waals surface area contributed by atoms with E-state index in [1.165, 1.54) is 18.4 Å². The summed E-state index contributed by atoms with van der Waals surface area (Å²) in [7, 11) is 1.76. The van der Waals surface area contributed by atoms with E-state index in [9.17, 15) is 4.79 Å². The Morgan fingerprint density at radius 3 is 2.61 bits per heavy atom. The molecule has 2 fully saturated rings. The van der Waals surface area contributed by atoms with Crippen LogP contribution in [-0.2, 0) is 16.8 Å². The molecule has 0 aromatic heterocycles. The van der Waals surface area contributed by atoms with Crippen molar-refractivity contribution in [2.45, 2.75) is 56.6 Å². The molecular formula is C27H31NO5. The number of likely N-dealkylation sites (tertiary alicyclic amines) is 1. The molecular weight excluding hydrogens is 418 g/mol. The fourth-order valence-corrected chi connectivity index (χ4v) is 6.35. The van der Waals surface area contributed by atoms with E-state index in [1.54, 1.807) is 7.11 Å². The Bertz CT molecular complexity index is 1050. The van der Waals surface area contributed by atoms with Crippen molar-refractivity contribution in [3.63, 3.8) is 0 Å². The third-order valence-corrected chi connectivity index (χ3v) is 8.15. The molecule has 0 unspecified atom stereocenters. The Hall–Kier alpha value is -2.73. The molecule has 1 spiro atoms. The number of rotatable bonds is 4. The van der Waals surface area contributed by atoms with Crippen molar-refractivity contribution >= 4 is 5.97 Å². The topological polar surface area (TPSA) is 57.2 Å². The van der Waals surface area contributed by atoms with Gasteiger partial charge in [-0.2, -0.15) is 0 Å². The first-order valence-electron chi connectivity index (χ1n) is 12.2. The van der Waals surface area contributed by atoms with Crippen LogP contribution in [0.2, 0.25) is 0 Å². The average Bonchev–Trinajstić information content (AvgIpc) is 3.43. The molecule has 1 aliphatic carbocycles. The SMILES string of the molecule is COc1ccccc1CC1CCN(C2CCC3(CC2)OC(=O)c2c3ccc3c2OCO3)CC1. The molecule has 6 rings (SSSR count). The summed E-state index contributed by atoms with van der Waals surface area (Å²) in [5.74, 6) is 2.66. The molecule has 0 N–H and O–H groups in total. The molecule has 0 atom stereocenters. The number of para-hydroxylation sites is 1. The zero-order chi connectivity index (χ0) is 22.4. The summed E-state index contributed by atoms with van der Waals surface area (Å²) in [6, 6.07) is 12.9. The van der Waals surface area contributed by atoms with E-state index in [2.05, 4.69) is 23.1 Å². The highest BCUT2D eigenvalue weighted by atomic mass is 16.7. The van der Waals surface area contributed by atoms with Gasteiger partial charge in [0, 0.05) is 11.6 Å². The van der Waals surface area contributed by atoms with Gasteiger partial charge in [-0.1, -0.05) is 24.3 Å². The monoisotopic (exact) mass is 449 g/mol. The molecule has 6 heteroatoms. The van der Waals surface area contributed by atoms with Crippen LogP contribution in [-0.4, -0.2) is 43.9 Å². The number of ether oxygens (including phenoxy) is 4. The number of methoxy groups -OCH3 is 1. The fourth-order valence-electron chi connectivity index (χ4n) is 6.35. The van der Waals surface area contributed by atoms with E-state index >= 15 is 0 Å². The maximum absolute atomic E-state index is 12.7. The van der Waals surface area contributed by atoms with Crippen molar-refractivity contribution in [1.82, 2.24) is 4.90 Å². The maximum atomic E-state index is 12.7. The number of carbonyl (C=O) groups is 1. The number of esters is 1. The maximum Gasteiger partial charge on any atom is 0.343 e. The summed E-state index contributed by atoms with van der Waals surface area (Å²) in [6.45, 7) is 2.46. The van der Waals surface area contributed by atoms with Crippen molar-refractivity contribution < 1.29 is 23.7 Å². The number of piperidine rings is 1. The Morgan fingerprint density at radius 2 is 1.82 bits per heavy atom. The quantitative estimate of drug-likeness (QED) is 0.632. The van der Waals surface area contributed by atoms with Gasteiger partial charge < -0.3 is 23.8 Å². The van der Waals surface area contributed by atoms with Crippen molar-refractivity contribution in [2.24, 2.45) is 5.92 Å². The number of fused-ring (bicyclic) bond motifs is 4. The minimum Gasteiger partial charge on any atom is -0.496 e. The molecule has 4 aliphatic rings. The number of nitrogens with zero attached hydrogens (tertiary/aromatic N) is 1. The van der Waals surface area contributed by atoms with Gasteiger partial charge in [-0.25, -0.2) is 4.79 Å². The van der Waals surface area contributed by atoms with Gasteiger partial charge >= 0.3 is 5.97 Å². The van der Waals surface area contributed by atoms with Crippen molar-refractivity contribution in [3.8, 4) is 17.2 Å². The first kappa shape index (κ1) is 20.8. The number of benzene rings is 2. The predicted molar refractivity (Wildman–Crippen MR) is 123 cm³/mol. The molecule has 3 heterocycles. The molecule has 174 valence electrons. The molecule has 33 heavy (non-hydrogen) atoms. The number of hydrogen-bond donors (Lipinski definition) is 0. The lowest BCUT2D eigenvalue weighted by Gasteiger charge is -2.43. The van der Waals surface area contributed by atoms with Crippen molar-refractivity contribution in [1.29, 1.82) is 0 Å². The van der Waals surface area contributed by atoms with Crippen LogP contribution < -0.4 is 14.2 Å². The molecule has 3 aliphatic heterocycles. The molecule has 0 amide bonds. The second kappa shape index (κ2) is 8.24. The van der Waals surface area contributed by atoms with Crippen molar-refractivity contribution in [2.75, 3.05) is 27.0 Å². The van der Waals surface area contributed by atoms with Crippen LogP contribution in [0.3, 0.4) is 0 Å². The summed E-state index contributed by atoms with van der Waals surface area (Å²) in [5, 5.41) is 0. The lowest BCUT2D eigenvalue weighted by molar-refractivity contribution is -0.0446. The summed E-state index contributed by atoms with van der Waals surface area (Å²) in [6.07, 6.45) is 7.39. The first-order valence-corrected chi connectivity index (χ1v) is 12.2. The first-order chi connectivity index (χ1) is 16.2. The molecule has 2 aromatic rings. The molecule has 6 nitrogen and oxygen atoms in total. The standard InChI is InChI=1S/C27H31NO5/c1-30-22-5-3-2-4-19(22)16-18-10-14-28(15-11-18)20-8-12-27(13-9-20)21-6-7-23-25(32-17-31-23)24(21)26(29)33-27/h2-7,18,20H,8-17H2,1H3. The highest BCUT2D eigenvalue weighted by molar-refractivity contribution is 5.99. The van der Waals surface area contributed by atoms with Gasteiger partial charge in [0.15, 0.2) is 11.5 Å². The predicted octanol–water partition coefficient (Wildman–Crippen LogP) is 4.69. The molecule has 2 aromatic carbocycles. The summed E-state index contributed by atoms with van der Waals surface area (Å²) in [5.41, 5.74) is 2.40. The van der Waals surface area contributed by atoms with E-state index in [4.69, 9.17) is 18.9 Å². The van der Waals surface area contributed by atoms with E-state index in [0.29, 0.717) is 29.0 Å². The zero-order valence-electron chi connectivity index (χ0n) is 19.2. The Morgan fingerprint density at radius 1 is 1.03 bits per heavy atom. The minimum atomic E-state index is -0.494. The lowest BCUT2D eigenvalue weighted by Crippen LogP contribution is -2.46. The van der Waals surface area contributed by atoms with Gasteiger partial charge in [0.1, 0.15) is 16.9 Å². The van der Waals surface area contributed by atoms with Gasteiger partial charge in [0.2, 0.25) is 6.79 Å². The van der Waals surface area contributed by atoms with Crippen LogP contribution in [0.5, 0.6) is 17.2 Å². The third-order valence-electron chi connectivity index (χ3n) is 8.15. The average molecular weight is 450 g/mol. The smallest absolute Gasteiger partial charge is 0.343 e. The third kappa shape index (κ3) is 3.55. The van der Waals surface area contributed by atoms with Crippen LogP contribution in [0.25, 0.3) is 0 Å². The van der Waals surface area contributed by atoms with Gasteiger partial charge in [0.25, 0.3) is 0 Å². The van der Waals surface area contributed by atoms with E-state index in [-0.39, 0.29) is 12.8 Å². The van der Waals surface area contributed by atoms with Crippen LogP contribution in [0.4, 0.5) is 0 Å². The van der Waals surface area contributed by atoms with Crippen LogP contribution in [0.15, 0.2) is 36.4 Å². The second-order valence-corrected chi connectivity index (χ2v) is 9.83. The van der Waals surface area contributed by atoms with Gasteiger partial charge in [0.05, 0.1) is 7.11 Å². The zero-order valence-corrected chi connectivity index (χ0v) is 19.2. The summed E-state index contributed by atoms with van der Waals surface area (Å²) >= 11 is 0. The van der Waals surface area contributed by atoms with Gasteiger partial charge in [-0.15, -0.1) is 0 Å². The van der Waals surface area contributed by atoms with Crippen LogP contribution in [0, 0.1) is 5.92 Å². The Balaban J connectivity index is 1.08. The highest BCUT2D eigenvalue weighted by Gasteiger charge is 2.50. The molecule has 1 saturated heterocycles. The van der Waals surface area contributed by atoms with Crippen LogP contribution in [0.1, 0.15) is 60.0 Å². The van der Waals surface area contributed by atoms with Gasteiger partial charge in [-0.3, -0.25) is 0 Å². The number of hydrogen-bond acceptors (Lipinski definition) is 6. The minimum absolute atomic E-state index is 0.168. The highest BCUT2D eigenvalue weighted by Crippen LogP contribution is 2.52. The second-order valence-electron chi connectivity index (χ2n) is 9.83. The lowest BCUT2D eigenvalue weighted by atomic mass is 9.76. The molecule has 0 bridgehead atoms. The molecule has 0 radical (unpaired) electrons. The summed E-state index contributed by atoms with van der Waals surface area (Å²) < 4.78 is 22.6. The number of carbonyl (C=O) groups excluding carboxylic acids is 1. The van der Waals surface area contributed by atoms with Crippen LogP contribution >= 0.6 is 0 Å². The van der Waals surface area contributed by atoms with E-state index in [1.807, 2.05) is 18.2 Å². The van der Waals surface area contributed by atoms with Gasteiger partial charge in [-0.05, 0) is 81.6 Å². The van der Waals surface area contributed by atoms with Crippen molar-refractivity contribution in [3.05, 3.63) is 53.1 Å². The summed E-state index contributed by atoms with van der Waals surface area (Å²) in [4.78, 5) is 15.4. The van der Waals surface area contributed by atoms with E-state index in [0.717, 1.165) is 56.5 Å². The van der Waals surface area contributed by atoms with E-state index < -0.39 is 5.60 Å². The fraction of sp³-hybridized carbons (Fsp3) is 0.519. The normalized spacial score (nSPS) is 26.9. The molecule has 1 saturated carbocycles. The largest absolute Gasteiger partial charge is 0.496 e.